The minimum absolute atomic E-state index is 0.535. The van der Waals surface area contributed by atoms with E-state index in [0.29, 0.717) is 5.92 Å². The highest BCUT2D eigenvalue weighted by Crippen LogP contribution is 2.60. The van der Waals surface area contributed by atoms with Gasteiger partial charge in [0.15, 0.2) is 0 Å². The predicted molar refractivity (Wildman–Crippen MR) is 307 cm³/mol. The van der Waals surface area contributed by atoms with Gasteiger partial charge >= 0.3 is 0 Å². The number of aromatic nitrogens is 1. The molecule has 2 heteroatoms. The Hall–Kier alpha value is -8.72. The third kappa shape index (κ3) is 6.92. The van der Waals surface area contributed by atoms with E-state index in [1.54, 1.807) is 0 Å². The zero-order valence-corrected chi connectivity index (χ0v) is 40.8. The van der Waals surface area contributed by atoms with E-state index in [0.717, 1.165) is 17.1 Å². The largest absolute Gasteiger partial charge is 0.309 e. The third-order valence-electron chi connectivity index (χ3n) is 16.3. The number of benzene rings is 11. The van der Waals surface area contributed by atoms with E-state index in [4.69, 9.17) is 0 Å². The minimum Gasteiger partial charge on any atom is -0.309 e. The van der Waals surface area contributed by atoms with Gasteiger partial charge in [-0.25, -0.2) is 0 Å². The smallest absolute Gasteiger partial charge is 0.0714 e. The predicted octanol–water partition coefficient (Wildman–Crippen LogP) is 19.2. The molecule has 0 bridgehead atoms. The molecule has 0 N–H and O–H groups in total. The molecule has 0 atom stereocenters. The summed E-state index contributed by atoms with van der Waals surface area (Å²) in [6.45, 7) is 0. The minimum atomic E-state index is -0.535. The quantitative estimate of drug-likeness (QED) is 0.140. The van der Waals surface area contributed by atoms with E-state index in [-0.39, 0.29) is 0 Å². The molecule has 2 nitrogen and oxygen atoms in total. The molecule has 2 aliphatic rings. The summed E-state index contributed by atoms with van der Waals surface area (Å²) in [5, 5.41) is 5.20. The van der Waals surface area contributed by atoms with Gasteiger partial charge in [-0.15, -0.1) is 0 Å². The molecular formula is C71H54N2. The Morgan fingerprint density at radius 2 is 0.973 bits per heavy atom. The Bertz CT molecular complexity index is 3950. The van der Waals surface area contributed by atoms with Gasteiger partial charge in [-0.1, -0.05) is 226 Å². The second-order valence-corrected chi connectivity index (χ2v) is 20.1. The van der Waals surface area contributed by atoms with Crippen LogP contribution in [-0.4, -0.2) is 4.57 Å². The Morgan fingerprint density at radius 1 is 0.397 bits per heavy atom. The molecule has 0 radical (unpaired) electrons. The first-order valence-electron chi connectivity index (χ1n) is 26.2. The van der Waals surface area contributed by atoms with Crippen LogP contribution in [0.15, 0.2) is 261 Å². The van der Waals surface area contributed by atoms with Crippen LogP contribution in [0.3, 0.4) is 0 Å². The zero-order chi connectivity index (χ0) is 48.3. The van der Waals surface area contributed by atoms with Crippen LogP contribution >= 0.6 is 0 Å². The van der Waals surface area contributed by atoms with E-state index in [9.17, 15) is 0 Å². The molecule has 12 aromatic rings. The molecule has 0 amide bonds. The van der Waals surface area contributed by atoms with Crippen LogP contribution in [-0.2, 0) is 5.41 Å². The summed E-state index contributed by atoms with van der Waals surface area (Å²) < 4.78 is 2.39. The van der Waals surface area contributed by atoms with Crippen molar-refractivity contribution in [2.24, 2.45) is 0 Å². The Balaban J connectivity index is 0.997. The summed E-state index contributed by atoms with van der Waals surface area (Å²) in [6.07, 6.45) is 6.41. The standard InChI is InChI=1S/C71H54N2/c1-5-22-50(23-6-1)57-35-19-24-51-25-20-36-60(69(51)57)58-32-14-17-39-65(58)73(56-45-42-49(43-46-56)52-44-47-67-62(48-52)59-33-15-18-40-66(59)72(67)55-30-11-4-12-31-55)68-41-21-38-64-70(68)61-34-13-16-37-63(61)71(64,53-26-7-2-8-27-53)54-28-9-3-10-29-54/h2-4,7-21,24-48,50H,1,5-6,22-23H2. The van der Waals surface area contributed by atoms with Crippen molar-refractivity contribution in [3.05, 3.63) is 289 Å². The van der Waals surface area contributed by atoms with E-state index in [1.807, 2.05) is 0 Å². The number of hydrogen-bond donors (Lipinski definition) is 0. The van der Waals surface area contributed by atoms with Gasteiger partial charge in [-0.05, 0) is 134 Å². The summed E-state index contributed by atoms with van der Waals surface area (Å²) in [7, 11) is 0. The maximum absolute atomic E-state index is 2.57. The highest BCUT2D eigenvalue weighted by Gasteiger charge is 2.47. The summed E-state index contributed by atoms with van der Waals surface area (Å²) in [5.74, 6) is 0.557. The van der Waals surface area contributed by atoms with Crippen molar-refractivity contribution in [2.45, 2.75) is 43.4 Å². The van der Waals surface area contributed by atoms with Crippen LogP contribution in [0, 0.1) is 0 Å². The fraction of sp³-hybridized carbons (Fsp3) is 0.0986. The van der Waals surface area contributed by atoms with E-state index in [1.165, 1.54) is 132 Å². The first-order valence-corrected chi connectivity index (χ1v) is 26.2. The Labute approximate surface area is 428 Å². The SMILES string of the molecule is c1ccc(-n2c3ccccc3c3cc(-c4ccc(N(c5ccccc5-c5cccc6cccc(C7CCCCC7)c56)c5cccc6c5-c5ccccc5C6(c5ccccc5)c5ccccc5)cc4)ccc32)cc1. The van der Waals surface area contributed by atoms with Gasteiger partial charge in [0.25, 0.3) is 0 Å². The topological polar surface area (TPSA) is 8.17 Å². The first kappa shape index (κ1) is 43.1. The van der Waals surface area contributed by atoms with Gasteiger partial charge in [0.2, 0.25) is 0 Å². The van der Waals surface area contributed by atoms with Gasteiger partial charge in [-0.2, -0.15) is 0 Å². The number of rotatable bonds is 9. The van der Waals surface area contributed by atoms with Crippen LogP contribution in [0.2, 0.25) is 0 Å². The molecule has 0 unspecified atom stereocenters. The lowest BCUT2D eigenvalue weighted by Crippen LogP contribution is -2.28. The zero-order valence-electron chi connectivity index (χ0n) is 40.8. The Kier molecular flexibility index (Phi) is 10.5. The molecule has 2 aliphatic carbocycles. The number of anilines is 3. The van der Waals surface area contributed by atoms with Crippen LogP contribution in [0.5, 0.6) is 0 Å². The van der Waals surface area contributed by atoms with Gasteiger partial charge in [0, 0.05) is 33.3 Å². The van der Waals surface area contributed by atoms with E-state index in [2.05, 4.69) is 270 Å². The molecule has 14 rings (SSSR count). The van der Waals surface area contributed by atoms with E-state index < -0.39 is 5.41 Å². The summed E-state index contributed by atoms with van der Waals surface area (Å²) in [4.78, 5) is 2.57. The average molecular weight is 935 g/mol. The molecule has 348 valence electrons. The van der Waals surface area contributed by atoms with Crippen LogP contribution in [0.25, 0.3) is 71.6 Å². The molecule has 1 aromatic heterocycles. The van der Waals surface area contributed by atoms with Crippen LogP contribution in [0.1, 0.15) is 65.8 Å². The Morgan fingerprint density at radius 3 is 1.74 bits per heavy atom. The highest BCUT2D eigenvalue weighted by atomic mass is 15.1. The summed E-state index contributed by atoms with van der Waals surface area (Å²) in [5.41, 5.74) is 20.5. The van der Waals surface area contributed by atoms with Crippen molar-refractivity contribution in [3.63, 3.8) is 0 Å². The molecule has 1 saturated carbocycles. The van der Waals surface area contributed by atoms with Gasteiger partial charge in [0.1, 0.15) is 0 Å². The van der Waals surface area contributed by atoms with Crippen LogP contribution < -0.4 is 4.90 Å². The highest BCUT2D eigenvalue weighted by molar-refractivity contribution is 6.11. The maximum Gasteiger partial charge on any atom is 0.0714 e. The first-order chi connectivity index (χ1) is 36.3. The number of para-hydroxylation sites is 3. The van der Waals surface area contributed by atoms with E-state index >= 15 is 0 Å². The lowest BCUT2D eigenvalue weighted by atomic mass is 9.68. The molecule has 73 heavy (non-hydrogen) atoms. The van der Waals surface area contributed by atoms with Gasteiger partial charge in [0.05, 0.1) is 27.8 Å². The molecule has 1 heterocycles. The monoisotopic (exact) mass is 934 g/mol. The van der Waals surface area contributed by atoms with Crippen molar-refractivity contribution < 1.29 is 0 Å². The summed E-state index contributed by atoms with van der Waals surface area (Å²) >= 11 is 0. The van der Waals surface area contributed by atoms with Crippen molar-refractivity contribution >= 4 is 49.6 Å². The molecule has 1 fully saturated rings. The van der Waals surface area contributed by atoms with Gasteiger partial charge in [-0.3, -0.25) is 0 Å². The third-order valence-corrected chi connectivity index (χ3v) is 16.3. The second kappa shape index (κ2) is 17.8. The number of hydrogen-bond acceptors (Lipinski definition) is 1. The van der Waals surface area contributed by atoms with Crippen LogP contribution in [0.4, 0.5) is 17.1 Å². The lowest BCUT2D eigenvalue weighted by Gasteiger charge is -2.34. The molecule has 11 aromatic carbocycles. The number of fused-ring (bicyclic) bond motifs is 7. The molecular weight excluding hydrogens is 881 g/mol. The maximum atomic E-state index is 2.57. The van der Waals surface area contributed by atoms with Crippen molar-refractivity contribution in [1.82, 2.24) is 4.57 Å². The van der Waals surface area contributed by atoms with Crippen molar-refractivity contribution in [2.75, 3.05) is 4.90 Å². The molecule has 0 spiro atoms. The van der Waals surface area contributed by atoms with Crippen molar-refractivity contribution in [3.8, 4) is 39.1 Å². The average Bonchev–Trinajstić information content (AvgIpc) is 3.98. The summed E-state index contributed by atoms with van der Waals surface area (Å²) in [6, 6.07) is 97.5. The normalized spacial score (nSPS) is 14.1. The fourth-order valence-corrected chi connectivity index (χ4v) is 13.1. The fourth-order valence-electron chi connectivity index (χ4n) is 13.1. The van der Waals surface area contributed by atoms with Crippen molar-refractivity contribution in [1.29, 1.82) is 0 Å². The molecule has 0 saturated heterocycles. The van der Waals surface area contributed by atoms with Gasteiger partial charge < -0.3 is 9.47 Å². The molecule has 0 aliphatic heterocycles. The second-order valence-electron chi connectivity index (χ2n) is 20.1. The lowest BCUT2D eigenvalue weighted by molar-refractivity contribution is 0.445. The number of nitrogens with zero attached hydrogens (tertiary/aromatic N) is 2.